The van der Waals surface area contributed by atoms with E-state index in [1.165, 1.54) is 36.8 Å². The third-order valence-corrected chi connectivity index (χ3v) is 7.24. The number of hydrogen-bond donors (Lipinski definition) is 1. The molecule has 1 saturated carbocycles. The Hall–Kier alpha value is -4.14. The van der Waals surface area contributed by atoms with Crippen LogP contribution in [-0.2, 0) is 19.1 Å². The molecule has 2 aliphatic carbocycles. The molecule has 3 aliphatic rings. The Labute approximate surface area is 208 Å². The molecule has 0 spiro atoms. The minimum atomic E-state index is -0.749. The number of methoxy groups -OCH3 is 2. The minimum Gasteiger partial charge on any atom is -0.497 e. The van der Waals surface area contributed by atoms with Gasteiger partial charge in [0.25, 0.3) is 5.91 Å². The fraction of sp³-hybridized carbons (Fsp3) is 0.333. The van der Waals surface area contributed by atoms with Crippen molar-refractivity contribution in [1.29, 1.82) is 0 Å². The molecular weight excluding hydrogens is 464 g/mol. The monoisotopic (exact) mass is 490 g/mol. The van der Waals surface area contributed by atoms with E-state index in [1.807, 2.05) is 6.92 Å². The summed E-state index contributed by atoms with van der Waals surface area (Å²) < 4.78 is 15.6. The number of nitrogens with one attached hydrogen (secondary N) is 1. The molecule has 2 bridgehead atoms. The van der Waals surface area contributed by atoms with Crippen molar-refractivity contribution in [3.63, 3.8) is 0 Å². The second kappa shape index (κ2) is 9.14. The Morgan fingerprint density at radius 1 is 1.03 bits per heavy atom. The van der Waals surface area contributed by atoms with Gasteiger partial charge >= 0.3 is 5.97 Å². The largest absolute Gasteiger partial charge is 0.497 e. The molecule has 9 heteroatoms. The van der Waals surface area contributed by atoms with Gasteiger partial charge in [-0.05, 0) is 55.5 Å². The summed E-state index contributed by atoms with van der Waals surface area (Å²) in [7, 11) is 2.97. The van der Waals surface area contributed by atoms with Gasteiger partial charge in [0.15, 0.2) is 6.61 Å². The van der Waals surface area contributed by atoms with E-state index in [-0.39, 0.29) is 41.0 Å². The highest BCUT2D eigenvalue weighted by Crippen LogP contribution is 2.55. The SMILES string of the molecule is COc1ccc(OC)c(NC(=O)COC(=O)c2cccc(N3C(=O)[C@@H]4[C@@H](C3=O)[C@H]3C=C(C)[C@H]4C3)c2)c1. The van der Waals surface area contributed by atoms with Crippen molar-refractivity contribution < 1.29 is 33.4 Å². The first-order valence-electron chi connectivity index (χ1n) is 11.7. The predicted molar refractivity (Wildman–Crippen MR) is 130 cm³/mol. The van der Waals surface area contributed by atoms with Crippen LogP contribution in [0.2, 0.25) is 0 Å². The van der Waals surface area contributed by atoms with E-state index < -0.39 is 18.5 Å². The number of nitrogens with zero attached hydrogens (tertiary/aromatic N) is 1. The number of ether oxygens (including phenoxy) is 3. The first-order valence-corrected chi connectivity index (χ1v) is 11.7. The number of hydrogen-bond acceptors (Lipinski definition) is 7. The highest BCUT2D eigenvalue weighted by atomic mass is 16.5. The van der Waals surface area contributed by atoms with Crippen molar-refractivity contribution in [3.05, 3.63) is 59.7 Å². The van der Waals surface area contributed by atoms with E-state index in [0.717, 1.165) is 6.42 Å². The zero-order valence-electron chi connectivity index (χ0n) is 20.1. The number of anilines is 2. The third-order valence-electron chi connectivity index (χ3n) is 7.24. The molecule has 2 aromatic carbocycles. The van der Waals surface area contributed by atoms with E-state index in [4.69, 9.17) is 14.2 Å². The van der Waals surface area contributed by atoms with E-state index >= 15 is 0 Å². The van der Waals surface area contributed by atoms with Gasteiger partial charge in [0.2, 0.25) is 11.8 Å². The van der Waals surface area contributed by atoms with Crippen LogP contribution in [0.4, 0.5) is 11.4 Å². The zero-order valence-corrected chi connectivity index (χ0v) is 20.1. The molecule has 1 heterocycles. The normalized spacial score (nSPS) is 23.9. The molecule has 36 heavy (non-hydrogen) atoms. The maximum absolute atomic E-state index is 13.2. The van der Waals surface area contributed by atoms with Gasteiger partial charge in [0.1, 0.15) is 11.5 Å². The van der Waals surface area contributed by atoms with E-state index in [1.54, 1.807) is 30.3 Å². The van der Waals surface area contributed by atoms with Gasteiger partial charge in [0.05, 0.1) is 43.0 Å². The highest BCUT2D eigenvalue weighted by molar-refractivity contribution is 6.23. The van der Waals surface area contributed by atoms with Crippen LogP contribution in [0.15, 0.2) is 54.1 Å². The number of carbonyl (C=O) groups is 4. The first kappa shape index (κ1) is 23.6. The maximum atomic E-state index is 13.2. The van der Waals surface area contributed by atoms with Crippen LogP contribution in [0.3, 0.4) is 0 Å². The molecule has 1 saturated heterocycles. The summed E-state index contributed by atoms with van der Waals surface area (Å²) in [6, 6.07) is 11.1. The summed E-state index contributed by atoms with van der Waals surface area (Å²) in [6.07, 6.45) is 2.96. The molecule has 0 aromatic heterocycles. The molecular formula is C27H26N2O7. The van der Waals surface area contributed by atoms with Crippen molar-refractivity contribution in [2.75, 3.05) is 31.0 Å². The number of imide groups is 1. The minimum absolute atomic E-state index is 0.0938. The topological polar surface area (TPSA) is 111 Å². The van der Waals surface area contributed by atoms with Crippen molar-refractivity contribution in [1.82, 2.24) is 0 Å². The molecule has 4 atom stereocenters. The smallest absolute Gasteiger partial charge is 0.338 e. The van der Waals surface area contributed by atoms with E-state index in [2.05, 4.69) is 11.4 Å². The highest BCUT2D eigenvalue weighted by Gasteiger charge is 2.60. The van der Waals surface area contributed by atoms with Gasteiger partial charge in [-0.2, -0.15) is 0 Å². The Morgan fingerprint density at radius 3 is 2.56 bits per heavy atom. The fourth-order valence-corrected chi connectivity index (χ4v) is 5.61. The molecule has 2 fully saturated rings. The van der Waals surface area contributed by atoms with Crippen molar-refractivity contribution in [2.24, 2.45) is 23.7 Å². The number of fused-ring (bicyclic) bond motifs is 5. The van der Waals surface area contributed by atoms with Crippen molar-refractivity contribution >= 4 is 35.1 Å². The van der Waals surface area contributed by atoms with Gasteiger partial charge in [-0.25, -0.2) is 9.69 Å². The summed E-state index contributed by atoms with van der Waals surface area (Å²) in [5, 5.41) is 2.63. The molecule has 186 valence electrons. The first-order chi connectivity index (χ1) is 17.3. The van der Waals surface area contributed by atoms with Crippen LogP contribution in [0.1, 0.15) is 23.7 Å². The molecule has 5 rings (SSSR count). The number of allylic oxidation sites excluding steroid dienone is 2. The lowest BCUT2D eigenvalue weighted by Gasteiger charge is -2.19. The molecule has 1 N–H and O–H groups in total. The standard InChI is InChI=1S/C27H26N2O7/c1-14-9-16-11-19(14)24-23(16)25(31)29(26(24)32)17-6-4-5-15(10-17)27(33)36-13-22(30)28-20-12-18(34-2)7-8-21(20)35-3/h4-10,12,16,19,23-24H,11,13H2,1-3H3,(H,28,30)/t16-,19+,23-,24-/m0/s1. The summed E-state index contributed by atoms with van der Waals surface area (Å²) in [5.41, 5.74) is 2.01. The van der Waals surface area contributed by atoms with Gasteiger partial charge in [-0.3, -0.25) is 14.4 Å². The van der Waals surface area contributed by atoms with Gasteiger partial charge in [0, 0.05) is 6.07 Å². The molecule has 0 radical (unpaired) electrons. The van der Waals surface area contributed by atoms with Crippen LogP contribution >= 0.6 is 0 Å². The number of benzene rings is 2. The molecule has 9 nitrogen and oxygen atoms in total. The second-order valence-electron chi connectivity index (χ2n) is 9.22. The maximum Gasteiger partial charge on any atom is 0.338 e. The van der Waals surface area contributed by atoms with Gasteiger partial charge in [-0.1, -0.05) is 17.7 Å². The number of carbonyl (C=O) groups excluding carboxylic acids is 4. The molecule has 1 aliphatic heterocycles. The Bertz CT molecular complexity index is 1300. The average Bonchev–Trinajstić information content (AvgIpc) is 3.52. The summed E-state index contributed by atoms with van der Waals surface area (Å²) in [5.74, 6) is -1.28. The van der Waals surface area contributed by atoms with Crippen LogP contribution in [0.25, 0.3) is 0 Å². The lowest BCUT2D eigenvalue weighted by molar-refractivity contribution is -0.123. The predicted octanol–water partition coefficient (Wildman–Crippen LogP) is 3.20. The average molecular weight is 491 g/mol. The van der Waals surface area contributed by atoms with Gasteiger partial charge in [-0.15, -0.1) is 0 Å². The Morgan fingerprint density at radius 2 is 1.81 bits per heavy atom. The number of rotatable bonds is 7. The fourth-order valence-electron chi connectivity index (χ4n) is 5.61. The van der Waals surface area contributed by atoms with Gasteiger partial charge < -0.3 is 19.5 Å². The third kappa shape index (κ3) is 3.90. The summed E-state index contributed by atoms with van der Waals surface area (Å²) in [6.45, 7) is 1.47. The summed E-state index contributed by atoms with van der Waals surface area (Å²) >= 11 is 0. The van der Waals surface area contributed by atoms with Crippen LogP contribution in [0.5, 0.6) is 11.5 Å². The van der Waals surface area contributed by atoms with Crippen LogP contribution in [0, 0.1) is 23.7 Å². The van der Waals surface area contributed by atoms with Crippen LogP contribution < -0.4 is 19.7 Å². The second-order valence-corrected chi connectivity index (χ2v) is 9.22. The number of esters is 1. The zero-order chi connectivity index (χ0) is 25.6. The van der Waals surface area contributed by atoms with Crippen LogP contribution in [-0.4, -0.2) is 44.5 Å². The lowest BCUT2D eigenvalue weighted by atomic mass is 9.82. The number of amides is 3. The van der Waals surface area contributed by atoms with Crippen molar-refractivity contribution in [2.45, 2.75) is 13.3 Å². The Balaban J connectivity index is 1.25. The van der Waals surface area contributed by atoms with Crippen molar-refractivity contribution in [3.8, 4) is 11.5 Å². The molecule has 2 aromatic rings. The molecule has 3 amide bonds. The van der Waals surface area contributed by atoms with E-state index in [0.29, 0.717) is 22.9 Å². The summed E-state index contributed by atoms with van der Waals surface area (Å²) in [4.78, 5) is 52.6. The Kier molecular flexibility index (Phi) is 5.99. The molecule has 0 unspecified atom stereocenters. The lowest BCUT2D eigenvalue weighted by Crippen LogP contribution is -2.33. The van der Waals surface area contributed by atoms with E-state index in [9.17, 15) is 19.2 Å². The quantitative estimate of drug-likeness (QED) is 0.360.